The molecule has 0 spiro atoms. The third-order valence-corrected chi connectivity index (χ3v) is 2.31. The minimum Gasteiger partial charge on any atom is -0.480 e. The highest BCUT2D eigenvalue weighted by Crippen LogP contribution is 2.06. The van der Waals surface area contributed by atoms with Gasteiger partial charge < -0.3 is 10.0 Å². The number of carbonyl (C=O) groups is 1. The molecular formula is C8H16N2O2. The van der Waals surface area contributed by atoms with Crippen molar-refractivity contribution < 1.29 is 9.90 Å². The lowest BCUT2D eigenvalue weighted by atomic mass is 10.2. The van der Waals surface area contributed by atoms with E-state index in [-0.39, 0.29) is 6.54 Å². The average molecular weight is 172 g/mol. The number of carboxylic acid groups (broad SMARTS) is 1. The van der Waals surface area contributed by atoms with E-state index in [1.807, 2.05) is 4.90 Å². The highest BCUT2D eigenvalue weighted by Gasteiger charge is 2.22. The Morgan fingerprint density at radius 1 is 1.58 bits per heavy atom. The Morgan fingerprint density at radius 3 is 2.75 bits per heavy atom. The molecule has 1 aliphatic rings. The van der Waals surface area contributed by atoms with Gasteiger partial charge in [-0.3, -0.25) is 9.69 Å². The van der Waals surface area contributed by atoms with Gasteiger partial charge in [0.1, 0.15) is 0 Å². The fourth-order valence-corrected chi connectivity index (χ4v) is 1.59. The van der Waals surface area contributed by atoms with Gasteiger partial charge in [0.25, 0.3) is 0 Å². The minimum atomic E-state index is -0.730. The van der Waals surface area contributed by atoms with Crippen molar-refractivity contribution in [2.24, 2.45) is 0 Å². The maximum Gasteiger partial charge on any atom is 0.317 e. The quantitative estimate of drug-likeness (QED) is 0.621. The number of hydrogen-bond donors (Lipinski definition) is 1. The van der Waals surface area contributed by atoms with Gasteiger partial charge in [0.2, 0.25) is 0 Å². The van der Waals surface area contributed by atoms with Gasteiger partial charge in [-0.25, -0.2) is 0 Å². The Bertz CT molecular complexity index is 172. The van der Waals surface area contributed by atoms with Crippen LogP contribution in [0.25, 0.3) is 0 Å². The highest BCUT2D eigenvalue weighted by atomic mass is 16.4. The molecule has 0 radical (unpaired) electrons. The summed E-state index contributed by atoms with van der Waals surface area (Å²) in [5.41, 5.74) is 0. The van der Waals surface area contributed by atoms with Gasteiger partial charge in [-0.05, 0) is 14.0 Å². The largest absolute Gasteiger partial charge is 0.480 e. The van der Waals surface area contributed by atoms with E-state index in [9.17, 15) is 4.79 Å². The molecule has 0 amide bonds. The van der Waals surface area contributed by atoms with Crippen molar-refractivity contribution in [3.8, 4) is 0 Å². The predicted octanol–water partition coefficient (Wildman–Crippen LogP) is -0.293. The van der Waals surface area contributed by atoms with Crippen LogP contribution in [-0.4, -0.2) is 60.1 Å². The van der Waals surface area contributed by atoms with E-state index in [1.54, 1.807) is 0 Å². The molecule has 1 fully saturated rings. The molecule has 1 N–H and O–H groups in total. The molecule has 1 saturated heterocycles. The van der Waals surface area contributed by atoms with E-state index in [0.717, 1.165) is 19.6 Å². The Kier molecular flexibility index (Phi) is 3.05. The van der Waals surface area contributed by atoms with E-state index < -0.39 is 5.97 Å². The lowest BCUT2D eigenvalue weighted by molar-refractivity contribution is -0.139. The van der Waals surface area contributed by atoms with Crippen molar-refractivity contribution in [3.05, 3.63) is 0 Å². The van der Waals surface area contributed by atoms with E-state index in [0.29, 0.717) is 6.04 Å². The zero-order valence-electron chi connectivity index (χ0n) is 7.66. The Labute approximate surface area is 72.8 Å². The summed E-state index contributed by atoms with van der Waals surface area (Å²) >= 11 is 0. The molecule has 0 aromatic rings. The average Bonchev–Trinajstić information content (AvgIpc) is 1.94. The van der Waals surface area contributed by atoms with Crippen molar-refractivity contribution in [1.82, 2.24) is 9.80 Å². The van der Waals surface area contributed by atoms with E-state index in [1.165, 1.54) is 0 Å². The summed E-state index contributed by atoms with van der Waals surface area (Å²) in [6, 6.07) is 0.361. The maximum atomic E-state index is 10.4. The second-order valence-electron chi connectivity index (χ2n) is 3.48. The third kappa shape index (κ3) is 2.46. The van der Waals surface area contributed by atoms with Crippen molar-refractivity contribution in [1.29, 1.82) is 0 Å². The normalized spacial score (nSPS) is 27.3. The van der Waals surface area contributed by atoms with Crippen molar-refractivity contribution in [3.63, 3.8) is 0 Å². The van der Waals surface area contributed by atoms with Crippen LogP contribution in [0.5, 0.6) is 0 Å². The number of likely N-dealkylation sites (N-methyl/N-ethyl adjacent to an activating group) is 1. The van der Waals surface area contributed by atoms with E-state index in [4.69, 9.17) is 5.11 Å². The van der Waals surface area contributed by atoms with Crippen LogP contribution in [0.3, 0.4) is 0 Å². The van der Waals surface area contributed by atoms with Gasteiger partial charge >= 0.3 is 5.97 Å². The molecule has 0 unspecified atom stereocenters. The molecule has 4 heteroatoms. The molecule has 70 valence electrons. The maximum absolute atomic E-state index is 10.4. The molecule has 0 saturated carbocycles. The summed E-state index contributed by atoms with van der Waals surface area (Å²) in [6.45, 7) is 5.04. The van der Waals surface area contributed by atoms with Gasteiger partial charge in [0, 0.05) is 25.7 Å². The van der Waals surface area contributed by atoms with Gasteiger partial charge in [0.05, 0.1) is 6.54 Å². The molecular weight excluding hydrogens is 156 g/mol. The molecule has 1 aliphatic heterocycles. The monoisotopic (exact) mass is 172 g/mol. The number of piperazine rings is 1. The Balaban J connectivity index is 2.39. The Morgan fingerprint density at radius 2 is 2.25 bits per heavy atom. The second-order valence-corrected chi connectivity index (χ2v) is 3.48. The number of rotatable bonds is 2. The number of nitrogens with zero attached hydrogens (tertiary/aromatic N) is 2. The van der Waals surface area contributed by atoms with Crippen LogP contribution in [0.1, 0.15) is 6.92 Å². The molecule has 1 heterocycles. The predicted molar refractivity (Wildman–Crippen MR) is 46.2 cm³/mol. The summed E-state index contributed by atoms with van der Waals surface area (Å²) in [4.78, 5) is 14.7. The van der Waals surface area contributed by atoms with Gasteiger partial charge in [0.15, 0.2) is 0 Å². The molecule has 12 heavy (non-hydrogen) atoms. The van der Waals surface area contributed by atoms with Crippen LogP contribution in [0, 0.1) is 0 Å². The molecule has 0 aromatic carbocycles. The van der Waals surface area contributed by atoms with Crippen LogP contribution < -0.4 is 0 Å². The van der Waals surface area contributed by atoms with Gasteiger partial charge in [-0.15, -0.1) is 0 Å². The number of hydrogen-bond acceptors (Lipinski definition) is 3. The summed E-state index contributed by atoms with van der Waals surface area (Å²) < 4.78 is 0. The third-order valence-electron chi connectivity index (χ3n) is 2.31. The first-order valence-electron chi connectivity index (χ1n) is 4.24. The Hall–Kier alpha value is -0.610. The molecule has 4 nitrogen and oxygen atoms in total. The van der Waals surface area contributed by atoms with Crippen molar-refractivity contribution in [2.75, 3.05) is 33.2 Å². The standard InChI is InChI=1S/C8H16N2O2/c1-7-5-9(2)3-4-10(7)6-8(11)12/h7H,3-6H2,1-2H3,(H,11,12)/t7-/m0/s1. The zero-order chi connectivity index (χ0) is 9.14. The van der Waals surface area contributed by atoms with Gasteiger partial charge in [-0.1, -0.05) is 0 Å². The molecule has 1 rings (SSSR count). The molecule has 0 aliphatic carbocycles. The van der Waals surface area contributed by atoms with Crippen LogP contribution in [-0.2, 0) is 4.79 Å². The van der Waals surface area contributed by atoms with Crippen LogP contribution in [0.4, 0.5) is 0 Å². The number of aliphatic carboxylic acids is 1. The van der Waals surface area contributed by atoms with E-state index >= 15 is 0 Å². The lowest BCUT2D eigenvalue weighted by Gasteiger charge is -2.37. The fraction of sp³-hybridized carbons (Fsp3) is 0.875. The molecule has 0 aromatic heterocycles. The van der Waals surface area contributed by atoms with Crippen LogP contribution in [0.2, 0.25) is 0 Å². The van der Waals surface area contributed by atoms with Crippen LogP contribution in [0.15, 0.2) is 0 Å². The summed E-state index contributed by atoms with van der Waals surface area (Å²) in [5.74, 6) is -0.730. The SMILES string of the molecule is C[C@H]1CN(C)CCN1CC(=O)O. The van der Waals surface area contributed by atoms with Crippen molar-refractivity contribution in [2.45, 2.75) is 13.0 Å². The first kappa shape index (κ1) is 9.48. The first-order chi connectivity index (χ1) is 5.59. The molecule has 1 atom stereocenters. The zero-order valence-corrected chi connectivity index (χ0v) is 7.66. The van der Waals surface area contributed by atoms with Gasteiger partial charge in [-0.2, -0.15) is 0 Å². The summed E-state index contributed by atoms with van der Waals surface area (Å²) in [5, 5.41) is 8.59. The fourth-order valence-electron chi connectivity index (χ4n) is 1.59. The lowest BCUT2D eigenvalue weighted by Crippen LogP contribution is -2.51. The molecule has 0 bridgehead atoms. The smallest absolute Gasteiger partial charge is 0.317 e. The highest BCUT2D eigenvalue weighted by molar-refractivity contribution is 5.69. The topological polar surface area (TPSA) is 43.8 Å². The second kappa shape index (κ2) is 3.87. The number of carboxylic acids is 1. The summed E-state index contributed by atoms with van der Waals surface area (Å²) in [6.07, 6.45) is 0. The van der Waals surface area contributed by atoms with Crippen molar-refractivity contribution >= 4 is 5.97 Å². The summed E-state index contributed by atoms with van der Waals surface area (Å²) in [7, 11) is 2.06. The first-order valence-corrected chi connectivity index (χ1v) is 4.24. The minimum absolute atomic E-state index is 0.176. The van der Waals surface area contributed by atoms with Crippen LogP contribution >= 0.6 is 0 Å². The van der Waals surface area contributed by atoms with E-state index in [2.05, 4.69) is 18.9 Å².